The summed E-state index contributed by atoms with van der Waals surface area (Å²) < 4.78 is 5.41. The van der Waals surface area contributed by atoms with E-state index >= 15 is 0 Å². The Hall–Kier alpha value is -0.900. The van der Waals surface area contributed by atoms with Gasteiger partial charge in [0.2, 0.25) is 0 Å². The van der Waals surface area contributed by atoms with Gasteiger partial charge in [0.1, 0.15) is 0 Å². The minimum absolute atomic E-state index is 0.270. The predicted molar refractivity (Wildman–Crippen MR) is 76.8 cm³/mol. The van der Waals surface area contributed by atoms with Gasteiger partial charge < -0.3 is 10.5 Å². The van der Waals surface area contributed by atoms with Gasteiger partial charge in [-0.3, -0.25) is 4.90 Å². The van der Waals surface area contributed by atoms with Crippen LogP contribution in [0.25, 0.3) is 0 Å². The van der Waals surface area contributed by atoms with Crippen LogP contribution in [0.5, 0.6) is 0 Å². The van der Waals surface area contributed by atoms with Crippen molar-refractivity contribution >= 4 is 0 Å². The van der Waals surface area contributed by atoms with Crippen LogP contribution in [0.15, 0.2) is 18.2 Å². The van der Waals surface area contributed by atoms with Gasteiger partial charge >= 0.3 is 0 Å². The Balaban J connectivity index is 2.82. The predicted octanol–water partition coefficient (Wildman–Crippen LogP) is 2.27. The molecule has 0 aliphatic carbocycles. The van der Waals surface area contributed by atoms with Crippen LogP contribution in [-0.2, 0) is 4.74 Å². The number of nitrogens with zero attached hydrogens (tertiary/aromatic N) is 1. The lowest BCUT2D eigenvalue weighted by atomic mass is 9.95. The summed E-state index contributed by atoms with van der Waals surface area (Å²) in [6, 6.07) is 6.68. The number of hydrogen-bond acceptors (Lipinski definition) is 3. The third-order valence-corrected chi connectivity index (χ3v) is 3.42. The van der Waals surface area contributed by atoms with Crippen molar-refractivity contribution in [1.82, 2.24) is 4.90 Å². The van der Waals surface area contributed by atoms with Crippen LogP contribution in [0.2, 0.25) is 0 Å². The largest absolute Gasteiger partial charge is 0.380 e. The lowest BCUT2D eigenvalue weighted by Crippen LogP contribution is -2.34. The van der Waals surface area contributed by atoms with Crippen LogP contribution in [0.1, 0.15) is 29.7 Å². The van der Waals surface area contributed by atoms with Gasteiger partial charge in [0.05, 0.1) is 6.61 Å². The summed E-state index contributed by atoms with van der Waals surface area (Å²) in [7, 11) is 2.11. The van der Waals surface area contributed by atoms with Crippen molar-refractivity contribution < 1.29 is 4.74 Å². The Morgan fingerprint density at radius 1 is 1.28 bits per heavy atom. The van der Waals surface area contributed by atoms with Gasteiger partial charge in [0.25, 0.3) is 0 Å². The second kappa shape index (κ2) is 7.52. The standard InChI is InChI=1S/C15H26N2O/c1-5-18-10-9-17(4)14(11-16)15-12(2)7-6-8-13(15)3/h6-8,14H,5,9-11,16H2,1-4H3. The first kappa shape index (κ1) is 15.2. The van der Waals surface area contributed by atoms with Gasteiger partial charge in [-0.25, -0.2) is 0 Å². The van der Waals surface area contributed by atoms with Gasteiger partial charge in [0.15, 0.2) is 0 Å². The Labute approximate surface area is 111 Å². The second-order valence-corrected chi connectivity index (χ2v) is 4.73. The van der Waals surface area contributed by atoms with Crippen molar-refractivity contribution in [3.8, 4) is 0 Å². The van der Waals surface area contributed by atoms with E-state index in [1.54, 1.807) is 0 Å². The molecule has 1 unspecified atom stereocenters. The minimum atomic E-state index is 0.270. The molecule has 1 aromatic carbocycles. The van der Waals surface area contributed by atoms with E-state index < -0.39 is 0 Å². The highest BCUT2D eigenvalue weighted by Crippen LogP contribution is 2.25. The summed E-state index contributed by atoms with van der Waals surface area (Å²) in [4.78, 5) is 2.28. The summed E-state index contributed by atoms with van der Waals surface area (Å²) in [5, 5.41) is 0. The van der Waals surface area contributed by atoms with E-state index in [2.05, 4.69) is 44.0 Å². The second-order valence-electron chi connectivity index (χ2n) is 4.73. The highest BCUT2D eigenvalue weighted by molar-refractivity contribution is 5.36. The molecular weight excluding hydrogens is 224 g/mol. The van der Waals surface area contributed by atoms with E-state index in [0.717, 1.165) is 19.8 Å². The molecule has 0 saturated heterocycles. The van der Waals surface area contributed by atoms with E-state index in [0.29, 0.717) is 6.54 Å². The normalized spacial score (nSPS) is 13.0. The van der Waals surface area contributed by atoms with E-state index in [9.17, 15) is 0 Å². The first-order valence-electron chi connectivity index (χ1n) is 6.66. The van der Waals surface area contributed by atoms with Crippen LogP contribution in [0.4, 0.5) is 0 Å². The number of rotatable bonds is 7. The fraction of sp³-hybridized carbons (Fsp3) is 0.600. The molecule has 0 aliphatic rings. The van der Waals surface area contributed by atoms with E-state index in [-0.39, 0.29) is 6.04 Å². The SMILES string of the molecule is CCOCCN(C)C(CN)c1c(C)cccc1C. The first-order chi connectivity index (χ1) is 8.61. The molecule has 0 aromatic heterocycles. The number of likely N-dealkylation sites (N-methyl/N-ethyl adjacent to an activating group) is 1. The van der Waals surface area contributed by atoms with Crippen molar-refractivity contribution in [2.75, 3.05) is 33.4 Å². The Morgan fingerprint density at radius 2 is 1.89 bits per heavy atom. The lowest BCUT2D eigenvalue weighted by molar-refractivity contribution is 0.108. The molecule has 18 heavy (non-hydrogen) atoms. The van der Waals surface area contributed by atoms with Gasteiger partial charge in [-0.05, 0) is 44.5 Å². The molecule has 0 spiro atoms. The van der Waals surface area contributed by atoms with Crippen LogP contribution < -0.4 is 5.73 Å². The Kier molecular flexibility index (Phi) is 6.33. The molecule has 0 aliphatic heterocycles. The fourth-order valence-corrected chi connectivity index (χ4v) is 2.38. The van der Waals surface area contributed by atoms with Gasteiger partial charge in [-0.1, -0.05) is 18.2 Å². The number of ether oxygens (including phenoxy) is 1. The topological polar surface area (TPSA) is 38.5 Å². The molecule has 1 rings (SSSR count). The summed E-state index contributed by atoms with van der Waals surface area (Å²) in [5.41, 5.74) is 9.95. The fourth-order valence-electron chi connectivity index (χ4n) is 2.38. The van der Waals surface area contributed by atoms with Crippen molar-refractivity contribution in [1.29, 1.82) is 0 Å². The summed E-state index contributed by atoms with van der Waals surface area (Å²) in [6.07, 6.45) is 0. The first-order valence-corrected chi connectivity index (χ1v) is 6.66. The van der Waals surface area contributed by atoms with Gasteiger partial charge in [0, 0.05) is 25.7 Å². The smallest absolute Gasteiger partial charge is 0.0593 e. The Bertz CT molecular complexity index is 345. The third kappa shape index (κ3) is 3.80. The van der Waals surface area contributed by atoms with Crippen LogP contribution in [-0.4, -0.2) is 38.3 Å². The zero-order chi connectivity index (χ0) is 13.5. The third-order valence-electron chi connectivity index (χ3n) is 3.42. The average molecular weight is 250 g/mol. The summed E-state index contributed by atoms with van der Waals surface area (Å²) >= 11 is 0. The zero-order valence-corrected chi connectivity index (χ0v) is 12.1. The molecule has 0 heterocycles. The number of benzene rings is 1. The van der Waals surface area contributed by atoms with Crippen LogP contribution in [0.3, 0.4) is 0 Å². The average Bonchev–Trinajstić information content (AvgIpc) is 2.34. The molecule has 3 nitrogen and oxygen atoms in total. The molecule has 102 valence electrons. The van der Waals surface area contributed by atoms with Gasteiger partial charge in [-0.2, -0.15) is 0 Å². The zero-order valence-electron chi connectivity index (χ0n) is 12.1. The van der Waals surface area contributed by atoms with Crippen LogP contribution >= 0.6 is 0 Å². The molecular formula is C15H26N2O. The molecule has 1 aromatic rings. The Morgan fingerprint density at radius 3 is 2.39 bits per heavy atom. The van der Waals surface area contributed by atoms with Crippen molar-refractivity contribution in [3.05, 3.63) is 34.9 Å². The quantitative estimate of drug-likeness (QED) is 0.755. The van der Waals surface area contributed by atoms with Crippen LogP contribution in [0, 0.1) is 13.8 Å². The van der Waals surface area contributed by atoms with Crippen molar-refractivity contribution in [3.63, 3.8) is 0 Å². The van der Waals surface area contributed by atoms with Crippen molar-refractivity contribution in [2.45, 2.75) is 26.8 Å². The monoisotopic (exact) mass is 250 g/mol. The summed E-state index contributed by atoms with van der Waals surface area (Å²) in [5.74, 6) is 0. The number of aryl methyl sites for hydroxylation is 2. The number of hydrogen-bond donors (Lipinski definition) is 1. The van der Waals surface area contributed by atoms with E-state index in [4.69, 9.17) is 10.5 Å². The molecule has 0 fully saturated rings. The maximum atomic E-state index is 5.97. The van der Waals surface area contributed by atoms with Crippen molar-refractivity contribution in [2.24, 2.45) is 5.73 Å². The maximum Gasteiger partial charge on any atom is 0.0593 e. The maximum absolute atomic E-state index is 5.97. The van der Waals surface area contributed by atoms with E-state index in [1.807, 2.05) is 6.92 Å². The highest BCUT2D eigenvalue weighted by Gasteiger charge is 2.18. The van der Waals surface area contributed by atoms with Gasteiger partial charge in [-0.15, -0.1) is 0 Å². The molecule has 2 N–H and O–H groups in total. The molecule has 1 atom stereocenters. The highest BCUT2D eigenvalue weighted by atomic mass is 16.5. The number of nitrogens with two attached hydrogens (primary N) is 1. The molecule has 0 bridgehead atoms. The molecule has 3 heteroatoms. The van der Waals surface area contributed by atoms with E-state index in [1.165, 1.54) is 16.7 Å². The lowest BCUT2D eigenvalue weighted by Gasteiger charge is -2.29. The molecule has 0 radical (unpaired) electrons. The summed E-state index contributed by atoms with van der Waals surface area (Å²) in [6.45, 7) is 9.39. The molecule has 0 saturated carbocycles. The molecule has 0 amide bonds. The minimum Gasteiger partial charge on any atom is -0.380 e.